The molecule has 0 atom stereocenters. The van der Waals surface area contributed by atoms with E-state index in [4.69, 9.17) is 16.3 Å². The molecule has 0 unspecified atom stereocenters. The molecule has 1 aliphatic heterocycles. The molecule has 0 saturated carbocycles. The molecule has 168 valence electrons. The van der Waals surface area contributed by atoms with Gasteiger partial charge in [0.05, 0.1) is 30.7 Å². The standard InChI is InChI=1S/C22H20ClF3N4O2/c1-14-11-16(29-7-9-32-10-8-29)5-6-19(14)28-21(31)18-13-27-30(20(18)22(24,25)26)17-4-2-3-15(23)12-17/h2-6,11-13H,7-10H2,1H3,(H,28,31). The van der Waals surface area contributed by atoms with E-state index in [1.807, 2.05) is 12.1 Å². The summed E-state index contributed by atoms with van der Waals surface area (Å²) < 4.78 is 47.7. The minimum atomic E-state index is -4.80. The molecule has 0 radical (unpaired) electrons. The lowest BCUT2D eigenvalue weighted by Crippen LogP contribution is -2.36. The van der Waals surface area contributed by atoms with Crippen LogP contribution in [0.4, 0.5) is 24.5 Å². The Bertz CT molecular complexity index is 1140. The molecule has 32 heavy (non-hydrogen) atoms. The number of rotatable bonds is 4. The van der Waals surface area contributed by atoms with E-state index in [0.717, 1.165) is 30.5 Å². The van der Waals surface area contributed by atoms with Crippen LogP contribution in [0.2, 0.25) is 5.02 Å². The number of carbonyl (C=O) groups is 1. The first-order valence-corrected chi connectivity index (χ1v) is 10.3. The van der Waals surface area contributed by atoms with E-state index in [2.05, 4.69) is 15.3 Å². The molecule has 1 fully saturated rings. The van der Waals surface area contributed by atoms with Crippen molar-refractivity contribution in [3.8, 4) is 5.69 Å². The first kappa shape index (κ1) is 22.2. The van der Waals surface area contributed by atoms with Crippen LogP contribution in [-0.2, 0) is 10.9 Å². The Morgan fingerprint density at radius 1 is 1.12 bits per heavy atom. The lowest BCUT2D eigenvalue weighted by Gasteiger charge is -2.29. The minimum Gasteiger partial charge on any atom is -0.378 e. The Hall–Kier alpha value is -3.04. The number of amides is 1. The van der Waals surface area contributed by atoms with Crippen LogP contribution in [0.25, 0.3) is 5.69 Å². The summed E-state index contributed by atoms with van der Waals surface area (Å²) in [6, 6.07) is 11.2. The average Bonchev–Trinajstić information content (AvgIpc) is 3.22. The molecule has 2 aromatic carbocycles. The van der Waals surface area contributed by atoms with Gasteiger partial charge >= 0.3 is 6.18 Å². The zero-order chi connectivity index (χ0) is 22.9. The Balaban J connectivity index is 1.62. The third-order valence-corrected chi connectivity index (χ3v) is 5.40. The van der Waals surface area contributed by atoms with Gasteiger partial charge in [-0.15, -0.1) is 0 Å². The maximum absolute atomic E-state index is 13.9. The summed E-state index contributed by atoms with van der Waals surface area (Å²) in [6.45, 7) is 4.56. The maximum Gasteiger partial charge on any atom is 0.434 e. The molecule has 6 nitrogen and oxygen atoms in total. The molecule has 1 aromatic heterocycles. The maximum atomic E-state index is 13.9. The fourth-order valence-corrected chi connectivity index (χ4v) is 3.77. The second kappa shape index (κ2) is 8.84. The van der Waals surface area contributed by atoms with E-state index in [1.54, 1.807) is 19.1 Å². The third kappa shape index (κ3) is 4.58. The average molecular weight is 465 g/mol. The normalized spacial score (nSPS) is 14.5. The summed E-state index contributed by atoms with van der Waals surface area (Å²) in [5.74, 6) is -0.896. The molecule has 4 rings (SSSR count). The zero-order valence-electron chi connectivity index (χ0n) is 17.1. The molecule has 3 aromatic rings. The highest BCUT2D eigenvalue weighted by Gasteiger charge is 2.40. The van der Waals surface area contributed by atoms with E-state index in [-0.39, 0.29) is 10.7 Å². The Kier molecular flexibility index (Phi) is 6.12. The molecule has 0 aliphatic carbocycles. The topological polar surface area (TPSA) is 59.4 Å². The van der Waals surface area contributed by atoms with Gasteiger partial charge in [-0.1, -0.05) is 17.7 Å². The van der Waals surface area contributed by atoms with Gasteiger partial charge in [-0.05, 0) is 48.9 Å². The van der Waals surface area contributed by atoms with Crippen molar-refractivity contribution in [2.75, 3.05) is 36.5 Å². The van der Waals surface area contributed by atoms with Gasteiger partial charge in [-0.25, -0.2) is 4.68 Å². The first-order chi connectivity index (χ1) is 15.2. The summed E-state index contributed by atoms with van der Waals surface area (Å²) in [4.78, 5) is 15.0. The summed E-state index contributed by atoms with van der Waals surface area (Å²) >= 11 is 5.91. The predicted octanol–water partition coefficient (Wildman–Crippen LogP) is 4.94. The van der Waals surface area contributed by atoms with Crippen LogP contribution in [0.1, 0.15) is 21.6 Å². The number of aromatic nitrogens is 2. The highest BCUT2D eigenvalue weighted by atomic mass is 35.5. The van der Waals surface area contributed by atoms with Gasteiger partial charge in [0, 0.05) is 29.5 Å². The van der Waals surface area contributed by atoms with Crippen LogP contribution in [0.3, 0.4) is 0 Å². The van der Waals surface area contributed by atoms with Crippen LogP contribution in [0, 0.1) is 6.92 Å². The van der Waals surface area contributed by atoms with Crippen molar-refractivity contribution >= 4 is 28.9 Å². The highest BCUT2D eigenvalue weighted by Crippen LogP contribution is 2.34. The number of morpholine rings is 1. The summed E-state index contributed by atoms with van der Waals surface area (Å²) in [5.41, 5.74) is 0.492. The van der Waals surface area contributed by atoms with Crippen LogP contribution >= 0.6 is 11.6 Å². The quantitative estimate of drug-likeness (QED) is 0.594. The number of carbonyl (C=O) groups excluding carboxylic acids is 1. The SMILES string of the molecule is Cc1cc(N2CCOCC2)ccc1NC(=O)c1cnn(-c2cccc(Cl)c2)c1C(F)(F)F. The molecule has 1 saturated heterocycles. The number of hydrogen-bond acceptors (Lipinski definition) is 4. The zero-order valence-corrected chi connectivity index (χ0v) is 17.9. The van der Waals surface area contributed by atoms with Crippen molar-refractivity contribution in [1.82, 2.24) is 9.78 Å². The van der Waals surface area contributed by atoms with Crippen LogP contribution < -0.4 is 10.2 Å². The molecule has 1 N–H and O–H groups in total. The van der Waals surface area contributed by atoms with Gasteiger partial charge in [0.1, 0.15) is 0 Å². The first-order valence-electron chi connectivity index (χ1n) is 9.90. The van der Waals surface area contributed by atoms with Crippen LogP contribution in [0.15, 0.2) is 48.7 Å². The molecule has 1 amide bonds. The monoisotopic (exact) mass is 464 g/mol. The molecule has 0 bridgehead atoms. The number of halogens is 4. The van der Waals surface area contributed by atoms with Crippen LogP contribution in [-0.4, -0.2) is 42.0 Å². The molecular weight excluding hydrogens is 445 g/mol. The van der Waals surface area contributed by atoms with Crippen molar-refractivity contribution in [1.29, 1.82) is 0 Å². The van der Waals surface area contributed by atoms with Gasteiger partial charge in [0.25, 0.3) is 5.91 Å². The number of hydrogen-bond donors (Lipinski definition) is 1. The Morgan fingerprint density at radius 3 is 2.53 bits per heavy atom. The van der Waals surface area contributed by atoms with Gasteiger partial charge in [-0.3, -0.25) is 4.79 Å². The van der Waals surface area contributed by atoms with Crippen molar-refractivity contribution in [2.24, 2.45) is 0 Å². The number of aryl methyl sites for hydroxylation is 1. The van der Waals surface area contributed by atoms with Gasteiger partial charge < -0.3 is 15.0 Å². The third-order valence-electron chi connectivity index (χ3n) is 5.17. The van der Waals surface area contributed by atoms with E-state index in [1.165, 1.54) is 18.2 Å². The summed E-state index contributed by atoms with van der Waals surface area (Å²) in [5, 5.41) is 6.65. The van der Waals surface area contributed by atoms with Gasteiger partial charge in [-0.2, -0.15) is 18.3 Å². The number of ether oxygens (including phenoxy) is 1. The number of nitrogens with one attached hydrogen (secondary N) is 1. The fourth-order valence-electron chi connectivity index (χ4n) is 3.59. The molecule has 10 heteroatoms. The Labute approximate surface area is 187 Å². The highest BCUT2D eigenvalue weighted by molar-refractivity contribution is 6.30. The number of anilines is 2. The number of alkyl halides is 3. The Morgan fingerprint density at radius 2 is 1.88 bits per heavy atom. The number of benzene rings is 2. The molecule has 0 spiro atoms. The number of nitrogens with zero attached hydrogens (tertiary/aromatic N) is 3. The fraction of sp³-hybridized carbons (Fsp3) is 0.273. The van der Waals surface area contributed by atoms with E-state index in [0.29, 0.717) is 23.6 Å². The molecule has 1 aliphatic rings. The lowest BCUT2D eigenvalue weighted by molar-refractivity contribution is -0.143. The smallest absolute Gasteiger partial charge is 0.378 e. The molecular formula is C22H20ClF3N4O2. The van der Waals surface area contributed by atoms with Crippen LogP contribution in [0.5, 0.6) is 0 Å². The second-order valence-corrected chi connectivity index (χ2v) is 7.79. The van der Waals surface area contributed by atoms with E-state index >= 15 is 0 Å². The summed E-state index contributed by atoms with van der Waals surface area (Å²) in [7, 11) is 0. The van der Waals surface area contributed by atoms with Crippen molar-refractivity contribution in [2.45, 2.75) is 13.1 Å². The predicted molar refractivity (Wildman–Crippen MR) is 116 cm³/mol. The molecule has 2 heterocycles. The van der Waals surface area contributed by atoms with Gasteiger partial charge in [0.15, 0.2) is 5.69 Å². The van der Waals surface area contributed by atoms with E-state index < -0.39 is 23.3 Å². The minimum absolute atomic E-state index is 0.106. The lowest BCUT2D eigenvalue weighted by atomic mass is 10.1. The summed E-state index contributed by atoms with van der Waals surface area (Å²) in [6.07, 6.45) is -3.89. The van der Waals surface area contributed by atoms with E-state index in [9.17, 15) is 18.0 Å². The second-order valence-electron chi connectivity index (χ2n) is 7.35. The van der Waals surface area contributed by atoms with Gasteiger partial charge in [0.2, 0.25) is 0 Å². The van der Waals surface area contributed by atoms with Crippen molar-refractivity contribution < 1.29 is 22.7 Å². The van der Waals surface area contributed by atoms with Crippen molar-refractivity contribution in [3.63, 3.8) is 0 Å². The van der Waals surface area contributed by atoms with Crippen molar-refractivity contribution in [3.05, 3.63) is 70.5 Å². The largest absolute Gasteiger partial charge is 0.434 e.